The topological polar surface area (TPSA) is 87.2 Å². The van der Waals surface area contributed by atoms with Crippen LogP contribution in [0, 0.1) is 0 Å². The molecule has 1 aliphatic heterocycles. The maximum atomic E-state index is 12.4. The molecule has 0 spiro atoms. The van der Waals surface area contributed by atoms with Crippen LogP contribution in [-0.2, 0) is 4.79 Å². The largest absolute Gasteiger partial charge is 0.372 e. The number of rotatable bonds is 3. The van der Waals surface area contributed by atoms with Crippen LogP contribution in [0.2, 0.25) is 0 Å². The average molecular weight is 263 g/mol. The first kappa shape index (κ1) is 13.3. The number of carbonyl (C=O) groups is 2. The molecule has 102 valence electrons. The number of amides is 2. The molecule has 1 atom stereocenters. The molecule has 1 fully saturated rings. The van der Waals surface area contributed by atoms with Gasteiger partial charge in [0.05, 0.1) is 12.4 Å². The van der Waals surface area contributed by atoms with Crippen LogP contribution in [0.15, 0.2) is 12.4 Å². The number of aromatic nitrogens is 2. The molecule has 7 heteroatoms. The number of carbonyl (C=O) groups excluding carboxylic acids is 2. The molecule has 2 amide bonds. The summed E-state index contributed by atoms with van der Waals surface area (Å²) in [5, 5.41) is 5.60. The predicted molar refractivity (Wildman–Crippen MR) is 69.7 cm³/mol. The smallest absolute Gasteiger partial charge is 0.274 e. The zero-order valence-corrected chi connectivity index (χ0v) is 11.0. The number of nitrogens with zero attached hydrogens (tertiary/aromatic N) is 3. The SMILES string of the molecule is CCC1C(=O)NCCN1C(=O)c1cncc(NC)n1. The Kier molecular flexibility index (Phi) is 3.94. The summed E-state index contributed by atoms with van der Waals surface area (Å²) < 4.78 is 0. The molecule has 0 aliphatic carbocycles. The Bertz CT molecular complexity index is 491. The molecule has 1 unspecified atom stereocenters. The molecule has 19 heavy (non-hydrogen) atoms. The van der Waals surface area contributed by atoms with Gasteiger partial charge in [-0.15, -0.1) is 0 Å². The summed E-state index contributed by atoms with van der Waals surface area (Å²) in [6.07, 6.45) is 3.54. The molecule has 2 rings (SSSR count). The molecular formula is C12H17N5O2. The van der Waals surface area contributed by atoms with Crippen molar-refractivity contribution >= 4 is 17.6 Å². The molecule has 2 N–H and O–H groups in total. The van der Waals surface area contributed by atoms with Crippen molar-refractivity contribution in [3.63, 3.8) is 0 Å². The van der Waals surface area contributed by atoms with Gasteiger partial charge in [0.15, 0.2) is 0 Å². The van der Waals surface area contributed by atoms with Crippen LogP contribution in [0.1, 0.15) is 23.8 Å². The zero-order chi connectivity index (χ0) is 13.8. The van der Waals surface area contributed by atoms with E-state index in [4.69, 9.17) is 0 Å². The molecule has 1 aliphatic rings. The fraction of sp³-hybridized carbons (Fsp3) is 0.500. The Balaban J connectivity index is 2.24. The molecular weight excluding hydrogens is 246 g/mol. The van der Waals surface area contributed by atoms with Crippen molar-refractivity contribution in [2.24, 2.45) is 0 Å². The van der Waals surface area contributed by atoms with Crippen molar-refractivity contribution in [1.29, 1.82) is 0 Å². The highest BCUT2D eigenvalue weighted by atomic mass is 16.2. The summed E-state index contributed by atoms with van der Waals surface area (Å²) >= 11 is 0. The molecule has 1 aromatic rings. The summed E-state index contributed by atoms with van der Waals surface area (Å²) in [7, 11) is 1.71. The Morgan fingerprint density at radius 3 is 3.05 bits per heavy atom. The van der Waals surface area contributed by atoms with Crippen molar-refractivity contribution in [1.82, 2.24) is 20.2 Å². The summed E-state index contributed by atoms with van der Waals surface area (Å²) in [6.45, 7) is 2.85. The van der Waals surface area contributed by atoms with Crippen LogP contribution >= 0.6 is 0 Å². The minimum absolute atomic E-state index is 0.111. The third kappa shape index (κ3) is 2.64. The lowest BCUT2D eigenvalue weighted by Gasteiger charge is -2.34. The maximum Gasteiger partial charge on any atom is 0.274 e. The van der Waals surface area contributed by atoms with E-state index < -0.39 is 6.04 Å². The molecule has 0 aromatic carbocycles. The molecule has 7 nitrogen and oxygen atoms in total. The first-order chi connectivity index (χ1) is 9.17. The summed E-state index contributed by atoms with van der Waals surface area (Å²) in [4.78, 5) is 33.8. The van der Waals surface area contributed by atoms with Crippen LogP contribution in [0.5, 0.6) is 0 Å². The van der Waals surface area contributed by atoms with Gasteiger partial charge in [-0.05, 0) is 6.42 Å². The summed E-state index contributed by atoms with van der Waals surface area (Å²) in [5.41, 5.74) is 0.250. The highest BCUT2D eigenvalue weighted by Crippen LogP contribution is 2.13. The Hall–Kier alpha value is -2.18. The summed E-state index contributed by atoms with van der Waals surface area (Å²) in [6, 6.07) is -0.429. The van der Waals surface area contributed by atoms with E-state index in [0.717, 1.165) is 0 Å². The second-order valence-electron chi connectivity index (χ2n) is 4.25. The van der Waals surface area contributed by atoms with Crippen molar-refractivity contribution in [3.8, 4) is 0 Å². The number of anilines is 1. The highest BCUT2D eigenvalue weighted by molar-refractivity contribution is 5.96. The third-order valence-electron chi connectivity index (χ3n) is 3.09. The quantitative estimate of drug-likeness (QED) is 0.793. The summed E-state index contributed by atoms with van der Waals surface area (Å²) in [5.74, 6) is 0.159. The highest BCUT2D eigenvalue weighted by Gasteiger charge is 2.32. The molecule has 2 heterocycles. The van der Waals surface area contributed by atoms with E-state index in [1.807, 2.05) is 6.92 Å². The minimum Gasteiger partial charge on any atom is -0.372 e. The Morgan fingerprint density at radius 2 is 2.37 bits per heavy atom. The van der Waals surface area contributed by atoms with E-state index in [1.54, 1.807) is 11.9 Å². The van der Waals surface area contributed by atoms with Gasteiger partial charge in [-0.25, -0.2) is 4.98 Å². The number of hydrogen-bond acceptors (Lipinski definition) is 5. The van der Waals surface area contributed by atoms with E-state index in [1.165, 1.54) is 12.4 Å². The molecule has 0 bridgehead atoms. The van der Waals surface area contributed by atoms with Crippen LogP contribution in [-0.4, -0.2) is 52.9 Å². The second kappa shape index (κ2) is 5.64. The lowest BCUT2D eigenvalue weighted by atomic mass is 10.1. The van der Waals surface area contributed by atoms with E-state index in [2.05, 4.69) is 20.6 Å². The van der Waals surface area contributed by atoms with Gasteiger partial charge in [0.1, 0.15) is 17.6 Å². The van der Waals surface area contributed by atoms with Crippen molar-refractivity contribution in [2.75, 3.05) is 25.5 Å². The predicted octanol–water partition coefficient (Wildman–Crippen LogP) is -0.131. The van der Waals surface area contributed by atoms with Crippen molar-refractivity contribution in [3.05, 3.63) is 18.1 Å². The molecule has 0 saturated carbocycles. The Labute approximate surface area is 111 Å². The first-order valence-corrected chi connectivity index (χ1v) is 6.25. The lowest BCUT2D eigenvalue weighted by Crippen LogP contribution is -2.57. The van der Waals surface area contributed by atoms with E-state index >= 15 is 0 Å². The van der Waals surface area contributed by atoms with Crippen LogP contribution in [0.25, 0.3) is 0 Å². The molecule has 1 aromatic heterocycles. The number of nitrogens with one attached hydrogen (secondary N) is 2. The number of piperazine rings is 1. The van der Waals surface area contributed by atoms with Crippen LogP contribution in [0.3, 0.4) is 0 Å². The molecule has 1 saturated heterocycles. The van der Waals surface area contributed by atoms with Gasteiger partial charge in [-0.3, -0.25) is 14.6 Å². The van der Waals surface area contributed by atoms with Crippen LogP contribution < -0.4 is 10.6 Å². The fourth-order valence-corrected chi connectivity index (χ4v) is 2.10. The van der Waals surface area contributed by atoms with Gasteiger partial charge >= 0.3 is 0 Å². The lowest BCUT2D eigenvalue weighted by molar-refractivity contribution is -0.127. The van der Waals surface area contributed by atoms with Gasteiger partial charge in [0.25, 0.3) is 5.91 Å². The standard InChI is InChI=1S/C12H17N5O2/c1-3-9-11(18)15-4-5-17(9)12(19)8-6-14-7-10(13-2)16-8/h6-7,9H,3-5H2,1-2H3,(H,13,16)(H,15,18). The maximum absolute atomic E-state index is 12.4. The zero-order valence-electron chi connectivity index (χ0n) is 11.0. The van der Waals surface area contributed by atoms with E-state index in [0.29, 0.717) is 25.3 Å². The second-order valence-corrected chi connectivity index (χ2v) is 4.25. The van der Waals surface area contributed by atoms with E-state index in [9.17, 15) is 9.59 Å². The minimum atomic E-state index is -0.429. The van der Waals surface area contributed by atoms with Crippen LogP contribution in [0.4, 0.5) is 5.82 Å². The molecule has 0 radical (unpaired) electrons. The van der Waals surface area contributed by atoms with Gasteiger partial charge in [0, 0.05) is 20.1 Å². The Morgan fingerprint density at radius 1 is 1.58 bits per heavy atom. The number of hydrogen-bond donors (Lipinski definition) is 2. The van der Waals surface area contributed by atoms with Crippen molar-refractivity contribution in [2.45, 2.75) is 19.4 Å². The van der Waals surface area contributed by atoms with Gasteiger partial charge < -0.3 is 15.5 Å². The van der Waals surface area contributed by atoms with Gasteiger partial charge in [-0.1, -0.05) is 6.92 Å². The van der Waals surface area contributed by atoms with Gasteiger partial charge in [-0.2, -0.15) is 0 Å². The third-order valence-corrected chi connectivity index (χ3v) is 3.09. The fourth-order valence-electron chi connectivity index (χ4n) is 2.10. The monoisotopic (exact) mass is 263 g/mol. The van der Waals surface area contributed by atoms with Crippen molar-refractivity contribution < 1.29 is 9.59 Å². The van der Waals surface area contributed by atoms with Gasteiger partial charge in [0.2, 0.25) is 5.91 Å². The normalized spacial score (nSPS) is 18.9. The average Bonchev–Trinajstić information content (AvgIpc) is 2.46. The first-order valence-electron chi connectivity index (χ1n) is 6.25. The van der Waals surface area contributed by atoms with E-state index in [-0.39, 0.29) is 17.5 Å².